The highest BCUT2D eigenvalue weighted by molar-refractivity contribution is 7.80. The Balaban J connectivity index is 2.00. The SMILES string of the molecule is CC1(C)C2CN(C(N)=S)CC21. The Morgan fingerprint density at radius 3 is 2.27 bits per heavy atom. The van der Waals surface area contributed by atoms with Gasteiger partial charge < -0.3 is 10.6 Å². The summed E-state index contributed by atoms with van der Waals surface area (Å²) < 4.78 is 0. The fourth-order valence-electron chi connectivity index (χ4n) is 2.31. The summed E-state index contributed by atoms with van der Waals surface area (Å²) in [7, 11) is 0. The molecule has 0 spiro atoms. The zero-order valence-electron chi connectivity index (χ0n) is 7.00. The molecule has 0 aromatic carbocycles. The summed E-state index contributed by atoms with van der Waals surface area (Å²) in [5.41, 5.74) is 6.10. The van der Waals surface area contributed by atoms with Crippen molar-refractivity contribution in [3.8, 4) is 0 Å². The van der Waals surface area contributed by atoms with Crippen molar-refractivity contribution in [1.29, 1.82) is 0 Å². The first kappa shape index (κ1) is 7.35. The van der Waals surface area contributed by atoms with Crippen LogP contribution in [0, 0.1) is 17.3 Å². The lowest BCUT2D eigenvalue weighted by Gasteiger charge is -2.21. The number of nitrogens with two attached hydrogens (primary N) is 1. The number of thiocarbonyl (C=S) groups is 1. The molecule has 62 valence electrons. The van der Waals surface area contributed by atoms with Crippen molar-refractivity contribution in [3.05, 3.63) is 0 Å². The van der Waals surface area contributed by atoms with Gasteiger partial charge in [0.1, 0.15) is 0 Å². The maximum absolute atomic E-state index is 5.53. The molecule has 2 unspecified atom stereocenters. The van der Waals surface area contributed by atoms with Crippen LogP contribution in [-0.2, 0) is 0 Å². The van der Waals surface area contributed by atoms with E-state index in [2.05, 4.69) is 18.7 Å². The van der Waals surface area contributed by atoms with Crippen LogP contribution in [0.4, 0.5) is 0 Å². The van der Waals surface area contributed by atoms with E-state index >= 15 is 0 Å². The van der Waals surface area contributed by atoms with E-state index in [4.69, 9.17) is 18.0 Å². The predicted molar refractivity (Wildman–Crippen MR) is 49.1 cm³/mol. The van der Waals surface area contributed by atoms with E-state index in [1.54, 1.807) is 0 Å². The summed E-state index contributed by atoms with van der Waals surface area (Å²) in [6, 6.07) is 0. The zero-order chi connectivity index (χ0) is 8.22. The summed E-state index contributed by atoms with van der Waals surface area (Å²) in [5, 5.41) is 0.577. The molecule has 1 saturated heterocycles. The quantitative estimate of drug-likeness (QED) is 0.546. The minimum Gasteiger partial charge on any atom is -0.376 e. The molecular weight excluding hydrogens is 156 g/mol. The van der Waals surface area contributed by atoms with E-state index in [0.717, 1.165) is 24.9 Å². The third kappa shape index (κ3) is 0.868. The monoisotopic (exact) mass is 170 g/mol. The molecule has 2 nitrogen and oxygen atoms in total. The maximum atomic E-state index is 5.53. The molecule has 2 aliphatic rings. The minimum atomic E-state index is 0.571. The van der Waals surface area contributed by atoms with Crippen molar-refractivity contribution in [1.82, 2.24) is 4.90 Å². The maximum Gasteiger partial charge on any atom is 0.166 e. The first-order valence-electron chi connectivity index (χ1n) is 4.08. The summed E-state index contributed by atoms with van der Waals surface area (Å²) in [5.74, 6) is 1.70. The van der Waals surface area contributed by atoms with Gasteiger partial charge in [0, 0.05) is 13.1 Å². The topological polar surface area (TPSA) is 29.3 Å². The summed E-state index contributed by atoms with van der Waals surface area (Å²) >= 11 is 4.91. The molecule has 0 radical (unpaired) electrons. The smallest absolute Gasteiger partial charge is 0.166 e. The second-order valence-corrected chi connectivity index (χ2v) is 4.70. The molecule has 0 aromatic rings. The minimum absolute atomic E-state index is 0.571. The van der Waals surface area contributed by atoms with Gasteiger partial charge in [0.05, 0.1) is 0 Å². The van der Waals surface area contributed by atoms with Crippen molar-refractivity contribution in [3.63, 3.8) is 0 Å². The molecule has 1 aliphatic carbocycles. The molecule has 2 N–H and O–H groups in total. The van der Waals surface area contributed by atoms with Gasteiger partial charge in [0.25, 0.3) is 0 Å². The Kier molecular flexibility index (Phi) is 1.26. The number of likely N-dealkylation sites (tertiary alicyclic amines) is 1. The van der Waals surface area contributed by atoms with Gasteiger partial charge in [0.2, 0.25) is 0 Å². The second-order valence-electron chi connectivity index (χ2n) is 4.28. The number of hydrogen-bond donors (Lipinski definition) is 1. The molecule has 2 fully saturated rings. The van der Waals surface area contributed by atoms with E-state index in [9.17, 15) is 0 Å². The summed E-state index contributed by atoms with van der Waals surface area (Å²) in [6.45, 7) is 6.85. The average Bonchev–Trinajstić information content (AvgIpc) is 2.28. The molecule has 1 heterocycles. The standard InChI is InChI=1S/C8H14N2S/c1-8(2)5-3-10(7(9)11)4-6(5)8/h5-6H,3-4H2,1-2H3,(H2,9,11). The molecule has 2 rings (SSSR count). The molecule has 1 saturated carbocycles. The van der Waals surface area contributed by atoms with Crippen molar-refractivity contribution in [2.45, 2.75) is 13.8 Å². The van der Waals surface area contributed by atoms with Crippen molar-refractivity contribution in [2.75, 3.05) is 13.1 Å². The number of piperidine rings is 1. The molecular formula is C8H14N2S. The Morgan fingerprint density at radius 1 is 1.45 bits per heavy atom. The fraction of sp³-hybridized carbons (Fsp3) is 0.875. The van der Waals surface area contributed by atoms with Gasteiger partial charge in [-0.05, 0) is 29.5 Å². The van der Waals surface area contributed by atoms with Crippen LogP contribution >= 0.6 is 12.2 Å². The summed E-state index contributed by atoms with van der Waals surface area (Å²) in [4.78, 5) is 2.12. The van der Waals surface area contributed by atoms with Crippen LogP contribution in [0.3, 0.4) is 0 Å². The first-order chi connectivity index (χ1) is 5.03. The number of hydrogen-bond acceptors (Lipinski definition) is 1. The molecule has 0 bridgehead atoms. The molecule has 0 aromatic heterocycles. The number of fused-ring (bicyclic) bond motifs is 1. The van der Waals surface area contributed by atoms with Crippen LogP contribution in [0.25, 0.3) is 0 Å². The number of rotatable bonds is 0. The van der Waals surface area contributed by atoms with Gasteiger partial charge >= 0.3 is 0 Å². The number of nitrogens with zero attached hydrogens (tertiary/aromatic N) is 1. The molecule has 3 heteroatoms. The largest absolute Gasteiger partial charge is 0.376 e. The van der Waals surface area contributed by atoms with Crippen LogP contribution < -0.4 is 5.73 Å². The first-order valence-corrected chi connectivity index (χ1v) is 4.48. The van der Waals surface area contributed by atoms with Gasteiger partial charge in [-0.15, -0.1) is 0 Å². The summed E-state index contributed by atoms with van der Waals surface area (Å²) in [6.07, 6.45) is 0. The highest BCUT2D eigenvalue weighted by Crippen LogP contribution is 2.61. The van der Waals surface area contributed by atoms with E-state index in [1.807, 2.05) is 0 Å². The lowest BCUT2D eigenvalue weighted by atomic mass is 10.1. The highest BCUT2D eigenvalue weighted by atomic mass is 32.1. The Bertz CT molecular complexity index is 198. The Hall–Kier alpha value is -0.310. The van der Waals surface area contributed by atoms with Crippen molar-refractivity contribution < 1.29 is 0 Å². The highest BCUT2D eigenvalue weighted by Gasteiger charge is 2.62. The van der Waals surface area contributed by atoms with Gasteiger partial charge in [-0.3, -0.25) is 0 Å². The van der Waals surface area contributed by atoms with Crippen LogP contribution in [0.1, 0.15) is 13.8 Å². The van der Waals surface area contributed by atoms with Crippen LogP contribution in [0.15, 0.2) is 0 Å². The fourth-order valence-corrected chi connectivity index (χ4v) is 2.46. The molecule has 1 aliphatic heterocycles. The lowest BCUT2D eigenvalue weighted by Crippen LogP contribution is -2.36. The molecule has 0 amide bonds. The lowest BCUT2D eigenvalue weighted by molar-refractivity contribution is 0.364. The van der Waals surface area contributed by atoms with Crippen molar-refractivity contribution >= 4 is 17.3 Å². The normalized spacial score (nSPS) is 38.5. The van der Waals surface area contributed by atoms with E-state index in [1.165, 1.54) is 0 Å². The molecule has 2 atom stereocenters. The predicted octanol–water partition coefficient (Wildman–Crippen LogP) is 0.818. The van der Waals surface area contributed by atoms with Crippen LogP contribution in [-0.4, -0.2) is 23.1 Å². The van der Waals surface area contributed by atoms with Gasteiger partial charge in [-0.2, -0.15) is 0 Å². The van der Waals surface area contributed by atoms with Crippen LogP contribution in [0.5, 0.6) is 0 Å². The van der Waals surface area contributed by atoms with Gasteiger partial charge in [-0.1, -0.05) is 13.8 Å². The zero-order valence-corrected chi connectivity index (χ0v) is 7.82. The second kappa shape index (κ2) is 1.89. The Labute approximate surface area is 72.7 Å². The van der Waals surface area contributed by atoms with Crippen LogP contribution in [0.2, 0.25) is 0 Å². The Morgan fingerprint density at radius 2 is 1.91 bits per heavy atom. The van der Waals surface area contributed by atoms with E-state index < -0.39 is 0 Å². The van der Waals surface area contributed by atoms with Gasteiger partial charge in [-0.25, -0.2) is 0 Å². The third-order valence-corrected chi connectivity index (χ3v) is 3.69. The average molecular weight is 170 g/mol. The van der Waals surface area contributed by atoms with E-state index in [0.29, 0.717) is 10.5 Å². The van der Waals surface area contributed by atoms with Crippen molar-refractivity contribution in [2.24, 2.45) is 23.0 Å². The van der Waals surface area contributed by atoms with Gasteiger partial charge in [0.15, 0.2) is 5.11 Å². The molecule has 11 heavy (non-hydrogen) atoms. The third-order valence-electron chi connectivity index (χ3n) is 3.43. The van der Waals surface area contributed by atoms with E-state index in [-0.39, 0.29) is 0 Å².